The molecule has 1 aromatic rings. The molecular weight excluding hydrogens is 256 g/mol. The van der Waals surface area contributed by atoms with Crippen LogP contribution in [0.2, 0.25) is 0 Å². The molecule has 0 radical (unpaired) electrons. The quantitative estimate of drug-likeness (QED) is 0.524. The van der Waals surface area contributed by atoms with Gasteiger partial charge in [-0.15, -0.1) is 0 Å². The third kappa shape index (κ3) is 4.04. The Morgan fingerprint density at radius 1 is 1.67 bits per heavy atom. The van der Waals surface area contributed by atoms with Gasteiger partial charge in [0.05, 0.1) is 10.5 Å². The summed E-state index contributed by atoms with van der Waals surface area (Å²) < 4.78 is 0. The van der Waals surface area contributed by atoms with Gasteiger partial charge in [-0.25, -0.2) is 4.98 Å². The number of nitrogens with one attached hydrogen (secondary N) is 1. The maximum absolute atomic E-state index is 10.8. The van der Waals surface area contributed by atoms with Crippen molar-refractivity contribution in [3.05, 3.63) is 22.2 Å². The first kappa shape index (κ1) is 14.5. The molecule has 0 aliphatic heterocycles. The third-order valence-electron chi connectivity index (χ3n) is 2.18. The highest BCUT2D eigenvalue weighted by atomic mass is 32.2. The molecule has 8 heteroatoms. The average molecular weight is 272 g/mol. The normalized spacial score (nSPS) is 13.9. The highest BCUT2D eigenvalue weighted by molar-refractivity contribution is 7.98. The van der Waals surface area contributed by atoms with Crippen LogP contribution in [0.3, 0.4) is 0 Å². The van der Waals surface area contributed by atoms with Crippen molar-refractivity contribution in [1.29, 1.82) is 0 Å². The van der Waals surface area contributed by atoms with Crippen LogP contribution in [0.4, 0.5) is 17.3 Å². The molecule has 0 bridgehead atoms. The summed E-state index contributed by atoms with van der Waals surface area (Å²) in [6, 6.07) is 2.65. The van der Waals surface area contributed by atoms with Gasteiger partial charge in [-0.1, -0.05) is 0 Å². The summed E-state index contributed by atoms with van der Waals surface area (Å²) in [6.07, 6.45) is 1.87. The van der Waals surface area contributed by atoms with Crippen LogP contribution in [-0.4, -0.2) is 39.2 Å². The number of anilines is 2. The minimum Gasteiger partial charge on any atom is -0.387 e. The van der Waals surface area contributed by atoms with Crippen molar-refractivity contribution < 1.29 is 10.0 Å². The predicted molar refractivity (Wildman–Crippen MR) is 72.8 cm³/mol. The van der Waals surface area contributed by atoms with Crippen LogP contribution in [0.1, 0.15) is 6.92 Å². The van der Waals surface area contributed by atoms with Gasteiger partial charge in [-0.3, -0.25) is 10.1 Å². The van der Waals surface area contributed by atoms with Crippen molar-refractivity contribution in [2.75, 3.05) is 29.6 Å². The molecule has 1 unspecified atom stereocenters. The molecule has 1 atom stereocenters. The number of nitrogen functional groups attached to an aromatic ring is 1. The zero-order valence-electron chi connectivity index (χ0n) is 10.2. The molecule has 18 heavy (non-hydrogen) atoms. The van der Waals surface area contributed by atoms with Crippen molar-refractivity contribution in [3.8, 4) is 0 Å². The Labute approximate surface area is 109 Å². The van der Waals surface area contributed by atoms with E-state index in [-0.39, 0.29) is 23.9 Å². The lowest BCUT2D eigenvalue weighted by molar-refractivity contribution is -0.384. The number of pyridine rings is 1. The van der Waals surface area contributed by atoms with Crippen LogP contribution in [0.15, 0.2) is 12.1 Å². The van der Waals surface area contributed by atoms with Gasteiger partial charge in [-0.05, 0) is 19.2 Å². The minimum atomic E-state index is -0.973. The minimum absolute atomic E-state index is 0.0707. The van der Waals surface area contributed by atoms with E-state index >= 15 is 0 Å². The van der Waals surface area contributed by atoms with Crippen molar-refractivity contribution in [3.63, 3.8) is 0 Å². The van der Waals surface area contributed by atoms with Crippen LogP contribution >= 0.6 is 11.8 Å². The Bertz CT molecular complexity index is 439. The second kappa shape index (κ2) is 5.87. The monoisotopic (exact) mass is 272 g/mol. The van der Waals surface area contributed by atoms with E-state index < -0.39 is 10.5 Å². The number of nitrogens with two attached hydrogens (primary N) is 1. The Hall–Kier alpha value is -1.54. The Kier molecular flexibility index (Phi) is 4.74. The van der Waals surface area contributed by atoms with Gasteiger partial charge in [0.25, 0.3) is 0 Å². The summed E-state index contributed by atoms with van der Waals surface area (Å²) in [5.41, 5.74) is 4.35. The summed E-state index contributed by atoms with van der Waals surface area (Å²) in [4.78, 5) is 14.1. The smallest absolute Gasteiger partial charge is 0.311 e. The van der Waals surface area contributed by atoms with Crippen LogP contribution in [0, 0.1) is 10.1 Å². The molecule has 4 N–H and O–H groups in total. The molecule has 7 nitrogen and oxygen atoms in total. The van der Waals surface area contributed by atoms with Crippen LogP contribution in [0.5, 0.6) is 0 Å². The summed E-state index contributed by atoms with van der Waals surface area (Å²) in [6.45, 7) is 1.81. The zero-order chi connectivity index (χ0) is 13.8. The molecule has 100 valence electrons. The number of nitrogens with zero attached hydrogens (tertiary/aromatic N) is 2. The van der Waals surface area contributed by atoms with Gasteiger partial charge in [0.15, 0.2) is 0 Å². The average Bonchev–Trinajstić information content (AvgIpc) is 2.26. The van der Waals surface area contributed by atoms with Crippen LogP contribution in [-0.2, 0) is 0 Å². The maximum Gasteiger partial charge on any atom is 0.311 e. The van der Waals surface area contributed by atoms with Crippen molar-refractivity contribution in [2.45, 2.75) is 12.5 Å². The first-order valence-corrected chi connectivity index (χ1v) is 6.61. The van der Waals surface area contributed by atoms with E-state index in [0.717, 1.165) is 0 Å². The van der Waals surface area contributed by atoms with Gasteiger partial charge in [0, 0.05) is 18.4 Å². The van der Waals surface area contributed by atoms with Crippen LogP contribution in [0.25, 0.3) is 0 Å². The number of rotatable bonds is 6. The number of aliphatic hydroxyl groups is 1. The molecule has 0 spiro atoms. The van der Waals surface area contributed by atoms with Crippen LogP contribution < -0.4 is 11.1 Å². The molecule has 0 fully saturated rings. The Balaban J connectivity index is 2.83. The van der Waals surface area contributed by atoms with E-state index in [9.17, 15) is 15.2 Å². The highest BCUT2D eigenvalue weighted by Crippen LogP contribution is 2.23. The molecule has 0 aliphatic carbocycles. The van der Waals surface area contributed by atoms with Crippen molar-refractivity contribution in [2.24, 2.45) is 0 Å². The van der Waals surface area contributed by atoms with Crippen molar-refractivity contribution >= 4 is 29.1 Å². The number of hydrogen-bond donors (Lipinski definition) is 3. The van der Waals surface area contributed by atoms with E-state index in [1.54, 1.807) is 6.92 Å². The molecular formula is C10H16N4O3S. The first-order chi connectivity index (χ1) is 8.35. The summed E-state index contributed by atoms with van der Waals surface area (Å²) in [7, 11) is 0. The fourth-order valence-corrected chi connectivity index (χ4v) is 2.10. The SMILES string of the molecule is CSCC(C)(O)CNc1nc(N)ccc1[N+](=O)[O-]. The Morgan fingerprint density at radius 2 is 2.33 bits per heavy atom. The second-order valence-corrected chi connectivity index (χ2v) is 5.01. The molecule has 0 aliphatic rings. The fourth-order valence-electron chi connectivity index (χ4n) is 1.38. The lowest BCUT2D eigenvalue weighted by atomic mass is 10.1. The standard InChI is InChI=1S/C10H16N4O3S/c1-10(15,6-18-2)5-12-9-7(14(16)17)3-4-8(11)13-9/h3-4,15H,5-6H2,1-2H3,(H3,11,12,13). The van der Waals surface area contributed by atoms with E-state index in [0.29, 0.717) is 5.75 Å². The molecule has 0 amide bonds. The van der Waals surface area contributed by atoms with E-state index in [1.807, 2.05) is 6.26 Å². The first-order valence-electron chi connectivity index (χ1n) is 5.22. The maximum atomic E-state index is 10.8. The van der Waals surface area contributed by atoms with Gasteiger partial charge < -0.3 is 16.2 Å². The van der Waals surface area contributed by atoms with E-state index in [2.05, 4.69) is 10.3 Å². The number of aromatic nitrogens is 1. The van der Waals surface area contributed by atoms with E-state index in [1.165, 1.54) is 23.9 Å². The topological polar surface area (TPSA) is 114 Å². The molecule has 1 heterocycles. The predicted octanol–water partition coefficient (Wildman–Crippen LogP) is 1.10. The molecule has 0 saturated carbocycles. The summed E-state index contributed by atoms with van der Waals surface area (Å²) in [5.74, 6) is 0.768. The van der Waals surface area contributed by atoms with Gasteiger partial charge in [-0.2, -0.15) is 11.8 Å². The molecule has 1 aromatic heterocycles. The summed E-state index contributed by atoms with van der Waals surface area (Å²) >= 11 is 1.49. The lowest BCUT2D eigenvalue weighted by Crippen LogP contribution is -2.36. The van der Waals surface area contributed by atoms with Gasteiger partial charge >= 0.3 is 5.69 Å². The molecule has 1 rings (SSSR count). The zero-order valence-corrected chi connectivity index (χ0v) is 11.0. The van der Waals surface area contributed by atoms with E-state index in [4.69, 9.17) is 5.73 Å². The third-order valence-corrected chi connectivity index (χ3v) is 3.09. The number of thioether (sulfide) groups is 1. The van der Waals surface area contributed by atoms with Gasteiger partial charge in [0.1, 0.15) is 5.82 Å². The highest BCUT2D eigenvalue weighted by Gasteiger charge is 2.22. The largest absolute Gasteiger partial charge is 0.387 e. The number of nitro groups is 1. The number of hydrogen-bond acceptors (Lipinski definition) is 7. The summed E-state index contributed by atoms with van der Waals surface area (Å²) in [5, 5.41) is 23.5. The van der Waals surface area contributed by atoms with Crippen molar-refractivity contribution in [1.82, 2.24) is 4.98 Å². The Morgan fingerprint density at radius 3 is 2.89 bits per heavy atom. The molecule has 0 saturated heterocycles. The van der Waals surface area contributed by atoms with Gasteiger partial charge in [0.2, 0.25) is 5.82 Å². The second-order valence-electron chi connectivity index (χ2n) is 4.14. The fraction of sp³-hybridized carbons (Fsp3) is 0.500. The lowest BCUT2D eigenvalue weighted by Gasteiger charge is -2.22. The molecule has 0 aromatic carbocycles.